The van der Waals surface area contributed by atoms with Gasteiger partial charge in [-0.3, -0.25) is 9.58 Å². The number of rotatable bonds is 5. The fraction of sp³-hybridized carbons (Fsp3) is 0.579. The van der Waals surface area contributed by atoms with Crippen molar-refractivity contribution in [3.63, 3.8) is 0 Å². The van der Waals surface area contributed by atoms with Crippen LogP contribution in [0.4, 0.5) is 4.39 Å². The second kappa shape index (κ2) is 7.12. The van der Waals surface area contributed by atoms with Crippen molar-refractivity contribution >= 4 is 16.9 Å². The maximum Gasteiger partial charge on any atom is 0.338 e. The fourth-order valence-corrected chi connectivity index (χ4v) is 3.58. The minimum Gasteiger partial charge on any atom is -0.465 e. The van der Waals surface area contributed by atoms with E-state index in [0.717, 1.165) is 35.2 Å². The molecule has 6 heteroatoms. The molecular weight excluding hydrogens is 321 g/mol. The Labute approximate surface area is 147 Å². The molecule has 0 spiro atoms. The standard InChI is InChI=1S/C19H26FN3O2/c1-12(2)9-23-18-13(3)15(19(24)25-4)5-6-16(18)17(21-23)11-22-8-7-14(20)10-22/h5-6,12,14H,7-11H2,1-4H3/t14-/m0/s1. The number of carbonyl (C=O) groups excluding carboxylic acids is 1. The average molecular weight is 347 g/mol. The number of methoxy groups -OCH3 is 1. The first-order valence-corrected chi connectivity index (χ1v) is 8.84. The molecule has 0 radical (unpaired) electrons. The van der Waals surface area contributed by atoms with Gasteiger partial charge in [-0.2, -0.15) is 5.10 Å². The van der Waals surface area contributed by atoms with Gasteiger partial charge in [0.15, 0.2) is 0 Å². The molecule has 1 aromatic carbocycles. The van der Waals surface area contributed by atoms with Gasteiger partial charge in [-0.05, 0) is 37.0 Å². The van der Waals surface area contributed by atoms with E-state index in [1.165, 1.54) is 7.11 Å². The first-order valence-electron chi connectivity index (χ1n) is 8.84. The maximum atomic E-state index is 13.5. The van der Waals surface area contributed by atoms with Crippen molar-refractivity contribution < 1.29 is 13.9 Å². The van der Waals surface area contributed by atoms with Crippen molar-refractivity contribution in [2.45, 2.75) is 46.5 Å². The maximum absolute atomic E-state index is 13.5. The molecule has 1 fully saturated rings. The van der Waals surface area contributed by atoms with Gasteiger partial charge in [0.05, 0.1) is 23.9 Å². The number of fused-ring (bicyclic) bond motifs is 1. The predicted octanol–water partition coefficient (Wildman–Crippen LogP) is 3.33. The van der Waals surface area contributed by atoms with E-state index < -0.39 is 6.17 Å². The van der Waals surface area contributed by atoms with Crippen LogP contribution in [-0.2, 0) is 17.8 Å². The van der Waals surface area contributed by atoms with E-state index in [2.05, 4.69) is 18.7 Å². The van der Waals surface area contributed by atoms with E-state index in [9.17, 15) is 9.18 Å². The van der Waals surface area contributed by atoms with Crippen LogP contribution < -0.4 is 0 Å². The third-order valence-corrected chi connectivity index (χ3v) is 4.77. The zero-order valence-electron chi connectivity index (χ0n) is 15.4. The second-order valence-corrected chi connectivity index (χ2v) is 7.27. The Hall–Kier alpha value is -1.95. The van der Waals surface area contributed by atoms with E-state index in [4.69, 9.17) is 9.84 Å². The van der Waals surface area contributed by atoms with Gasteiger partial charge in [-0.15, -0.1) is 0 Å². The van der Waals surface area contributed by atoms with Crippen LogP contribution in [0.1, 0.15) is 41.9 Å². The molecule has 0 N–H and O–H groups in total. The molecule has 1 atom stereocenters. The zero-order chi connectivity index (χ0) is 18.1. The molecule has 1 aliphatic heterocycles. The Balaban J connectivity index is 2.06. The third kappa shape index (κ3) is 3.54. The predicted molar refractivity (Wildman–Crippen MR) is 95.4 cm³/mol. The van der Waals surface area contributed by atoms with Crippen molar-refractivity contribution in [2.24, 2.45) is 5.92 Å². The van der Waals surface area contributed by atoms with Crippen LogP contribution in [-0.4, -0.2) is 47.0 Å². The largest absolute Gasteiger partial charge is 0.465 e. The highest BCUT2D eigenvalue weighted by molar-refractivity contribution is 5.98. The number of alkyl halides is 1. The van der Waals surface area contributed by atoms with Crippen molar-refractivity contribution in [1.29, 1.82) is 0 Å². The number of hydrogen-bond acceptors (Lipinski definition) is 4. The molecule has 3 rings (SSSR count). The van der Waals surface area contributed by atoms with Crippen molar-refractivity contribution in [1.82, 2.24) is 14.7 Å². The number of ether oxygens (including phenoxy) is 1. The summed E-state index contributed by atoms with van der Waals surface area (Å²) in [6.07, 6.45) is -0.146. The van der Waals surface area contributed by atoms with Crippen LogP contribution >= 0.6 is 0 Å². The summed E-state index contributed by atoms with van der Waals surface area (Å²) >= 11 is 0. The summed E-state index contributed by atoms with van der Waals surface area (Å²) in [5.41, 5.74) is 3.37. The van der Waals surface area contributed by atoms with Gasteiger partial charge in [-0.25, -0.2) is 9.18 Å². The zero-order valence-corrected chi connectivity index (χ0v) is 15.4. The summed E-state index contributed by atoms with van der Waals surface area (Å²) in [5.74, 6) is 0.0946. The minimum atomic E-state index is -0.739. The molecule has 0 saturated carbocycles. The molecule has 2 aromatic rings. The number of carbonyl (C=O) groups is 1. The Morgan fingerprint density at radius 2 is 2.20 bits per heavy atom. The first kappa shape index (κ1) is 17.9. The number of aromatic nitrogens is 2. The van der Waals surface area contributed by atoms with E-state index >= 15 is 0 Å². The van der Waals surface area contributed by atoms with Crippen molar-refractivity contribution in [3.05, 3.63) is 29.0 Å². The van der Waals surface area contributed by atoms with Gasteiger partial charge >= 0.3 is 5.97 Å². The SMILES string of the molecule is COC(=O)c1ccc2c(CN3CC[C@H](F)C3)nn(CC(C)C)c2c1C. The lowest BCUT2D eigenvalue weighted by Gasteiger charge is -2.12. The summed E-state index contributed by atoms with van der Waals surface area (Å²) in [6, 6.07) is 3.74. The average Bonchev–Trinajstić information content (AvgIpc) is 3.11. The van der Waals surface area contributed by atoms with Gasteiger partial charge in [0.2, 0.25) is 0 Å². The summed E-state index contributed by atoms with van der Waals surface area (Å²) in [6.45, 7) is 8.86. The highest BCUT2D eigenvalue weighted by Crippen LogP contribution is 2.28. The lowest BCUT2D eigenvalue weighted by Crippen LogP contribution is -2.21. The molecule has 25 heavy (non-hydrogen) atoms. The van der Waals surface area contributed by atoms with Gasteiger partial charge in [0.1, 0.15) is 6.17 Å². The highest BCUT2D eigenvalue weighted by Gasteiger charge is 2.25. The number of halogens is 1. The number of aryl methyl sites for hydroxylation is 1. The Morgan fingerprint density at radius 1 is 1.44 bits per heavy atom. The molecule has 0 aliphatic carbocycles. The fourth-order valence-electron chi connectivity index (χ4n) is 3.58. The van der Waals surface area contributed by atoms with Gasteiger partial charge in [-0.1, -0.05) is 13.8 Å². The van der Waals surface area contributed by atoms with Crippen molar-refractivity contribution in [3.8, 4) is 0 Å². The summed E-state index contributed by atoms with van der Waals surface area (Å²) < 4.78 is 20.4. The Bertz CT molecular complexity index is 785. The highest BCUT2D eigenvalue weighted by atomic mass is 19.1. The topological polar surface area (TPSA) is 47.4 Å². The van der Waals surface area contributed by atoms with E-state index in [1.807, 2.05) is 17.7 Å². The molecule has 1 aliphatic rings. The number of nitrogens with zero attached hydrogens (tertiary/aromatic N) is 3. The van der Waals surface area contributed by atoms with Crippen LogP contribution in [0.2, 0.25) is 0 Å². The molecule has 136 valence electrons. The molecule has 2 heterocycles. The summed E-state index contributed by atoms with van der Waals surface area (Å²) in [7, 11) is 1.39. The van der Waals surface area contributed by atoms with Crippen LogP contribution in [0, 0.1) is 12.8 Å². The Morgan fingerprint density at radius 3 is 2.80 bits per heavy atom. The van der Waals surface area contributed by atoms with Crippen LogP contribution in [0.3, 0.4) is 0 Å². The number of likely N-dealkylation sites (tertiary alicyclic amines) is 1. The second-order valence-electron chi connectivity index (χ2n) is 7.27. The van der Waals surface area contributed by atoms with Crippen molar-refractivity contribution in [2.75, 3.05) is 20.2 Å². The first-order chi connectivity index (χ1) is 11.9. The normalized spacial score (nSPS) is 18.4. The van der Waals surface area contributed by atoms with Gasteiger partial charge in [0.25, 0.3) is 0 Å². The monoisotopic (exact) mass is 347 g/mol. The molecule has 0 unspecified atom stereocenters. The summed E-state index contributed by atoms with van der Waals surface area (Å²) in [4.78, 5) is 14.1. The third-order valence-electron chi connectivity index (χ3n) is 4.77. The molecule has 5 nitrogen and oxygen atoms in total. The smallest absolute Gasteiger partial charge is 0.338 e. The Kier molecular flexibility index (Phi) is 5.08. The molecule has 1 saturated heterocycles. The van der Waals surface area contributed by atoms with Crippen LogP contribution in [0.5, 0.6) is 0 Å². The lowest BCUT2D eigenvalue weighted by atomic mass is 10.0. The lowest BCUT2D eigenvalue weighted by molar-refractivity contribution is 0.0600. The minimum absolute atomic E-state index is 0.335. The number of hydrogen-bond donors (Lipinski definition) is 0. The summed E-state index contributed by atoms with van der Waals surface area (Å²) in [5, 5.41) is 5.84. The van der Waals surface area contributed by atoms with E-state index in [0.29, 0.717) is 31.0 Å². The van der Waals surface area contributed by atoms with Crippen LogP contribution in [0.25, 0.3) is 10.9 Å². The molecule has 0 amide bonds. The van der Waals surface area contributed by atoms with Gasteiger partial charge in [0, 0.05) is 31.6 Å². The van der Waals surface area contributed by atoms with E-state index in [1.54, 1.807) is 6.07 Å². The van der Waals surface area contributed by atoms with E-state index in [-0.39, 0.29) is 5.97 Å². The van der Waals surface area contributed by atoms with Crippen LogP contribution in [0.15, 0.2) is 12.1 Å². The molecule has 0 bridgehead atoms. The number of esters is 1. The molecular formula is C19H26FN3O2. The molecule has 1 aromatic heterocycles. The quantitative estimate of drug-likeness (QED) is 0.779. The number of benzene rings is 1. The van der Waals surface area contributed by atoms with Gasteiger partial charge < -0.3 is 4.74 Å².